The van der Waals surface area contributed by atoms with Gasteiger partial charge in [-0.25, -0.2) is 0 Å². The fourth-order valence-electron chi connectivity index (χ4n) is 1.25. The molecular formula is C9H18ClNO3Si. The van der Waals surface area contributed by atoms with Crippen molar-refractivity contribution < 1.29 is 14.3 Å². The maximum Gasteiger partial charge on any atom is 0.303 e. The maximum absolute atomic E-state index is 11.7. The Morgan fingerprint density at radius 3 is 2.27 bits per heavy atom. The van der Waals surface area contributed by atoms with E-state index in [0.717, 1.165) is 0 Å². The fourth-order valence-corrected chi connectivity index (χ4v) is 3.07. The van der Waals surface area contributed by atoms with Crippen molar-refractivity contribution in [1.29, 1.82) is 0 Å². The summed E-state index contributed by atoms with van der Waals surface area (Å²) in [5.41, 5.74) is 0. The number of rotatable bonds is 4. The van der Waals surface area contributed by atoms with Crippen LogP contribution < -0.4 is 0 Å². The molecule has 0 saturated heterocycles. The second-order valence-corrected chi connectivity index (χ2v) is 11.0. The highest BCUT2D eigenvalue weighted by atomic mass is 35.6. The number of esters is 1. The third-order valence-corrected chi connectivity index (χ3v) is 3.26. The number of carbonyl (C=O) groups is 2. The molecule has 0 N–H and O–H groups in total. The summed E-state index contributed by atoms with van der Waals surface area (Å²) in [6.07, 6.45) is -0.195. The molecule has 88 valence electrons. The van der Waals surface area contributed by atoms with E-state index >= 15 is 0 Å². The average molecular weight is 252 g/mol. The van der Waals surface area contributed by atoms with Gasteiger partial charge in [0.05, 0.1) is 0 Å². The Bertz CT molecular complexity index is 252. The molecule has 0 aliphatic heterocycles. The van der Waals surface area contributed by atoms with Gasteiger partial charge in [-0.05, 0) is 6.92 Å². The van der Waals surface area contributed by atoms with E-state index in [-0.39, 0.29) is 5.91 Å². The van der Waals surface area contributed by atoms with Gasteiger partial charge in [0, 0.05) is 20.1 Å². The lowest BCUT2D eigenvalue weighted by Gasteiger charge is -2.25. The first-order chi connectivity index (χ1) is 6.63. The summed E-state index contributed by atoms with van der Waals surface area (Å²) in [5.74, 6) is -0.668. The minimum Gasteiger partial charge on any atom is -0.453 e. The van der Waals surface area contributed by atoms with Crippen LogP contribution >= 0.6 is 11.1 Å². The van der Waals surface area contributed by atoms with Gasteiger partial charge >= 0.3 is 5.97 Å². The van der Waals surface area contributed by atoms with Crippen molar-refractivity contribution in [2.75, 3.05) is 13.2 Å². The van der Waals surface area contributed by atoms with Gasteiger partial charge in [0.25, 0.3) is 5.91 Å². The van der Waals surface area contributed by atoms with Crippen molar-refractivity contribution in [3.63, 3.8) is 0 Å². The molecule has 0 bridgehead atoms. The van der Waals surface area contributed by atoms with Crippen molar-refractivity contribution in [2.24, 2.45) is 0 Å². The molecule has 0 fully saturated rings. The zero-order chi connectivity index (χ0) is 12.2. The smallest absolute Gasteiger partial charge is 0.303 e. The predicted octanol–water partition coefficient (Wildman–Crippen LogP) is 1.38. The largest absolute Gasteiger partial charge is 0.453 e. The van der Waals surface area contributed by atoms with Crippen LogP contribution in [0.4, 0.5) is 0 Å². The van der Waals surface area contributed by atoms with Gasteiger partial charge in [-0.15, -0.1) is 0 Å². The van der Waals surface area contributed by atoms with Crippen LogP contribution in [0.25, 0.3) is 0 Å². The molecule has 0 radical (unpaired) electrons. The van der Waals surface area contributed by atoms with Crippen LogP contribution in [0.1, 0.15) is 13.8 Å². The maximum atomic E-state index is 11.7. The molecule has 0 aliphatic rings. The van der Waals surface area contributed by atoms with Crippen molar-refractivity contribution >= 4 is 30.3 Å². The number of amides is 1. The topological polar surface area (TPSA) is 46.6 Å². The highest BCUT2D eigenvalue weighted by Gasteiger charge is 2.26. The summed E-state index contributed by atoms with van der Waals surface area (Å²) in [6, 6.07) is 0. The van der Waals surface area contributed by atoms with Crippen LogP contribution in [-0.4, -0.2) is 43.5 Å². The van der Waals surface area contributed by atoms with Crippen LogP contribution in [0.2, 0.25) is 13.1 Å². The number of halogens is 1. The number of ether oxygens (including phenoxy) is 1. The third kappa shape index (κ3) is 6.51. The Labute approximate surface area is 96.2 Å². The summed E-state index contributed by atoms with van der Waals surface area (Å²) in [6.45, 7) is 6.75. The molecule has 0 aromatic rings. The summed E-state index contributed by atoms with van der Waals surface area (Å²) in [7, 11) is -0.166. The summed E-state index contributed by atoms with van der Waals surface area (Å²) in [5, 5.41) is 0. The average Bonchev–Trinajstić information content (AvgIpc) is 1.98. The van der Waals surface area contributed by atoms with E-state index in [4.69, 9.17) is 15.8 Å². The molecule has 15 heavy (non-hydrogen) atoms. The molecule has 0 saturated carbocycles. The molecule has 0 aliphatic carbocycles. The van der Waals surface area contributed by atoms with Gasteiger partial charge in [0.2, 0.25) is 0 Å². The number of hydrogen-bond acceptors (Lipinski definition) is 3. The molecule has 1 atom stereocenters. The normalized spacial score (nSPS) is 13.2. The van der Waals surface area contributed by atoms with E-state index in [1.165, 1.54) is 11.8 Å². The van der Waals surface area contributed by atoms with E-state index < -0.39 is 19.5 Å². The first kappa shape index (κ1) is 14.4. The lowest BCUT2D eigenvalue weighted by Crippen LogP contribution is -2.44. The van der Waals surface area contributed by atoms with Crippen LogP contribution in [0, 0.1) is 0 Å². The first-order valence-corrected chi connectivity index (χ1v) is 8.96. The first-order valence-electron chi connectivity index (χ1n) is 4.74. The quantitative estimate of drug-likeness (QED) is 0.431. The summed E-state index contributed by atoms with van der Waals surface area (Å²) < 4.78 is 4.79. The van der Waals surface area contributed by atoms with E-state index in [9.17, 15) is 9.59 Å². The Kier molecular flexibility index (Phi) is 5.31. The minimum absolute atomic E-state index is 0.216. The standard InChI is InChI=1S/C9H18ClNO3Si/c1-7(14-8(2)12)9(13)11(3)6-15(4,5)10/h7H,6H2,1-5H3. The molecular weight excluding hydrogens is 234 g/mol. The van der Waals surface area contributed by atoms with Crippen LogP contribution in [0.3, 0.4) is 0 Å². The minimum atomic E-state index is -1.83. The molecule has 0 spiro atoms. The molecule has 1 amide bonds. The molecule has 6 heteroatoms. The van der Waals surface area contributed by atoms with Crippen molar-refractivity contribution in [3.8, 4) is 0 Å². The summed E-state index contributed by atoms with van der Waals surface area (Å²) >= 11 is 6.12. The monoisotopic (exact) mass is 251 g/mol. The third-order valence-electron chi connectivity index (χ3n) is 1.68. The van der Waals surface area contributed by atoms with E-state index in [0.29, 0.717) is 6.17 Å². The number of likely N-dealkylation sites (N-methyl/N-ethyl adjacent to an activating group) is 1. The highest BCUT2D eigenvalue weighted by Crippen LogP contribution is 2.10. The lowest BCUT2D eigenvalue weighted by atomic mass is 10.3. The highest BCUT2D eigenvalue weighted by molar-refractivity contribution is 7.19. The second kappa shape index (κ2) is 5.51. The van der Waals surface area contributed by atoms with E-state index in [1.807, 2.05) is 13.1 Å². The number of hydrogen-bond donors (Lipinski definition) is 0. The van der Waals surface area contributed by atoms with Crippen molar-refractivity contribution in [3.05, 3.63) is 0 Å². The van der Waals surface area contributed by atoms with E-state index in [2.05, 4.69) is 0 Å². The number of carbonyl (C=O) groups excluding carboxylic acids is 2. The molecule has 0 rings (SSSR count). The SMILES string of the molecule is CC(=O)OC(C)C(=O)N(C)C[Si](C)(C)Cl. The molecule has 0 heterocycles. The van der Waals surface area contributed by atoms with Crippen LogP contribution in [0.5, 0.6) is 0 Å². The lowest BCUT2D eigenvalue weighted by molar-refractivity contribution is -0.156. The van der Waals surface area contributed by atoms with Gasteiger partial charge in [0.1, 0.15) is 0 Å². The summed E-state index contributed by atoms with van der Waals surface area (Å²) in [4.78, 5) is 23.8. The predicted molar refractivity (Wildman–Crippen MR) is 62.2 cm³/mol. The van der Waals surface area contributed by atoms with Crippen molar-refractivity contribution in [1.82, 2.24) is 4.90 Å². The van der Waals surface area contributed by atoms with Gasteiger partial charge in [-0.1, -0.05) is 13.1 Å². The molecule has 0 aromatic carbocycles. The van der Waals surface area contributed by atoms with Crippen LogP contribution in [-0.2, 0) is 14.3 Å². The van der Waals surface area contributed by atoms with E-state index in [1.54, 1.807) is 14.0 Å². The Hall–Kier alpha value is -0.553. The Balaban J connectivity index is 4.26. The Morgan fingerprint density at radius 2 is 1.93 bits per heavy atom. The molecule has 4 nitrogen and oxygen atoms in total. The van der Waals surface area contributed by atoms with Gasteiger partial charge < -0.3 is 9.64 Å². The molecule has 0 aromatic heterocycles. The van der Waals surface area contributed by atoms with Gasteiger partial charge in [0.15, 0.2) is 13.5 Å². The van der Waals surface area contributed by atoms with Gasteiger partial charge in [-0.3, -0.25) is 9.59 Å². The number of nitrogens with zero attached hydrogens (tertiary/aromatic N) is 1. The molecule has 1 unspecified atom stereocenters. The zero-order valence-corrected chi connectivity index (χ0v) is 11.6. The second-order valence-electron chi connectivity index (χ2n) is 4.16. The van der Waals surface area contributed by atoms with Gasteiger partial charge in [-0.2, -0.15) is 11.1 Å². The fraction of sp³-hybridized carbons (Fsp3) is 0.778. The zero-order valence-electron chi connectivity index (χ0n) is 9.83. The van der Waals surface area contributed by atoms with Crippen molar-refractivity contribution in [2.45, 2.75) is 33.0 Å². The van der Waals surface area contributed by atoms with Crippen LogP contribution in [0.15, 0.2) is 0 Å². The Morgan fingerprint density at radius 1 is 1.47 bits per heavy atom.